The molecule has 33 heavy (non-hydrogen) atoms. The Bertz CT molecular complexity index is 1230. The van der Waals surface area contributed by atoms with Crippen LogP contribution in [0.5, 0.6) is 0 Å². The smallest absolute Gasteiger partial charge is 0.309 e. The number of imide groups is 1. The van der Waals surface area contributed by atoms with Crippen LogP contribution in [0.2, 0.25) is 0 Å². The standard InChI is InChI=1S/C25H22FN4O3/c26-19-11-9-17(10-12-19)15-30-24(32)23-21(8-3-13-27-23)29(25(30)33)16-22(31)28-14-4-6-18-5-1-2-7-20(18)28/h1-3,5,7-13,23H,4,6,14-16H2/q+1. The minimum absolute atomic E-state index is 0.0296. The molecule has 0 saturated heterocycles. The second-order valence-corrected chi connectivity index (χ2v) is 8.18. The number of carbonyl (C=O) groups is 3. The molecule has 166 valence electrons. The molecular weight excluding hydrogens is 423 g/mol. The Kier molecular flexibility index (Phi) is 5.42. The van der Waals surface area contributed by atoms with Gasteiger partial charge < -0.3 is 4.90 Å². The van der Waals surface area contributed by atoms with Crippen LogP contribution in [0, 0.1) is 5.82 Å². The van der Waals surface area contributed by atoms with Gasteiger partial charge in [0.15, 0.2) is 6.54 Å². The zero-order valence-electron chi connectivity index (χ0n) is 17.9. The Morgan fingerprint density at radius 1 is 1.12 bits per heavy atom. The molecule has 1 atom stereocenters. The largest absolute Gasteiger partial charge is 0.501 e. The normalized spacial score (nSPS) is 19.6. The molecule has 0 fully saturated rings. The molecule has 2 aromatic rings. The SMILES string of the molecule is O=C1C2N=CC=CC2=[N+](CC(=O)N2CCCc3ccccc32)C(=O)N1Cc1ccc(F)cc1. The van der Waals surface area contributed by atoms with Gasteiger partial charge in [0, 0.05) is 18.4 Å². The van der Waals surface area contributed by atoms with Crippen molar-refractivity contribution in [2.75, 3.05) is 18.0 Å². The van der Waals surface area contributed by atoms with E-state index in [-0.39, 0.29) is 19.0 Å². The van der Waals surface area contributed by atoms with Crippen LogP contribution < -0.4 is 4.90 Å². The maximum Gasteiger partial charge on any atom is 0.501 e. The van der Waals surface area contributed by atoms with Crippen molar-refractivity contribution in [1.29, 1.82) is 0 Å². The van der Waals surface area contributed by atoms with E-state index in [1.54, 1.807) is 17.1 Å². The molecule has 0 aliphatic carbocycles. The van der Waals surface area contributed by atoms with Crippen molar-refractivity contribution >= 4 is 35.5 Å². The van der Waals surface area contributed by atoms with Crippen molar-refractivity contribution in [1.82, 2.24) is 4.90 Å². The van der Waals surface area contributed by atoms with Crippen molar-refractivity contribution in [3.63, 3.8) is 0 Å². The van der Waals surface area contributed by atoms with Crippen LogP contribution in [0.15, 0.2) is 65.7 Å². The Hall–Kier alpha value is -3.94. The second-order valence-electron chi connectivity index (χ2n) is 8.18. The van der Waals surface area contributed by atoms with E-state index < -0.39 is 23.8 Å². The molecule has 0 N–H and O–H groups in total. The lowest BCUT2D eigenvalue weighted by Gasteiger charge is -2.31. The lowest BCUT2D eigenvalue weighted by atomic mass is 10.0. The van der Waals surface area contributed by atoms with Crippen molar-refractivity contribution in [3.05, 3.63) is 77.6 Å². The monoisotopic (exact) mass is 445 g/mol. The number of aliphatic imine (C=N–C) groups is 1. The van der Waals surface area contributed by atoms with Gasteiger partial charge in [-0.25, -0.2) is 9.18 Å². The molecule has 3 aliphatic heterocycles. The van der Waals surface area contributed by atoms with E-state index in [0.29, 0.717) is 17.8 Å². The van der Waals surface area contributed by atoms with Crippen LogP contribution in [0.25, 0.3) is 0 Å². The fourth-order valence-electron chi connectivity index (χ4n) is 4.46. The van der Waals surface area contributed by atoms with Gasteiger partial charge in [-0.3, -0.25) is 9.79 Å². The fourth-order valence-corrected chi connectivity index (χ4v) is 4.46. The summed E-state index contributed by atoms with van der Waals surface area (Å²) in [6.07, 6.45) is 6.56. The minimum atomic E-state index is -0.894. The Labute approximate surface area is 190 Å². The van der Waals surface area contributed by atoms with E-state index in [4.69, 9.17) is 0 Å². The molecule has 4 amide bonds. The summed E-state index contributed by atoms with van der Waals surface area (Å²) in [5, 5.41) is 0. The summed E-state index contributed by atoms with van der Waals surface area (Å²) in [4.78, 5) is 46.9. The van der Waals surface area contributed by atoms with Crippen LogP contribution in [0.1, 0.15) is 17.5 Å². The molecule has 0 saturated carbocycles. The van der Waals surface area contributed by atoms with Gasteiger partial charge in [0.05, 0.1) is 0 Å². The third-order valence-corrected chi connectivity index (χ3v) is 6.10. The van der Waals surface area contributed by atoms with E-state index >= 15 is 0 Å². The van der Waals surface area contributed by atoms with Gasteiger partial charge in [0.1, 0.15) is 18.1 Å². The van der Waals surface area contributed by atoms with E-state index in [1.807, 2.05) is 24.3 Å². The number of fused-ring (bicyclic) bond motifs is 2. The highest BCUT2D eigenvalue weighted by molar-refractivity contribution is 6.20. The number of allylic oxidation sites excluding steroid dienone is 1. The van der Waals surface area contributed by atoms with Crippen molar-refractivity contribution in [2.45, 2.75) is 25.4 Å². The number of nitrogens with zero attached hydrogens (tertiary/aromatic N) is 4. The molecule has 3 aliphatic rings. The van der Waals surface area contributed by atoms with E-state index in [1.165, 1.54) is 35.1 Å². The predicted octanol–water partition coefficient (Wildman–Crippen LogP) is 2.73. The van der Waals surface area contributed by atoms with Crippen LogP contribution in [-0.4, -0.2) is 58.4 Å². The zero-order valence-corrected chi connectivity index (χ0v) is 17.9. The predicted molar refractivity (Wildman–Crippen MR) is 121 cm³/mol. The third-order valence-electron chi connectivity index (χ3n) is 6.10. The van der Waals surface area contributed by atoms with Crippen molar-refractivity contribution in [2.24, 2.45) is 4.99 Å². The number of anilines is 1. The number of urea groups is 1. The number of rotatable bonds is 4. The molecule has 5 rings (SSSR count). The van der Waals surface area contributed by atoms with E-state index in [0.717, 1.165) is 29.0 Å². The summed E-state index contributed by atoms with van der Waals surface area (Å²) >= 11 is 0. The summed E-state index contributed by atoms with van der Waals surface area (Å²) in [5.41, 5.74) is 2.95. The molecule has 0 spiro atoms. The highest BCUT2D eigenvalue weighted by Crippen LogP contribution is 2.27. The number of benzene rings is 2. The lowest BCUT2D eigenvalue weighted by Crippen LogP contribution is -2.58. The topological polar surface area (TPSA) is 73.1 Å². The Balaban J connectivity index is 1.46. The molecule has 0 bridgehead atoms. The average Bonchev–Trinajstić information content (AvgIpc) is 2.85. The van der Waals surface area contributed by atoms with Crippen LogP contribution in [-0.2, 0) is 22.6 Å². The number of amides is 4. The molecule has 0 aromatic heterocycles. The number of hydrogen-bond donors (Lipinski definition) is 0. The lowest BCUT2D eigenvalue weighted by molar-refractivity contribution is -0.427. The first-order chi connectivity index (χ1) is 16.0. The van der Waals surface area contributed by atoms with Gasteiger partial charge in [-0.1, -0.05) is 30.3 Å². The molecule has 2 aromatic carbocycles. The fraction of sp³-hybridized carbons (Fsp3) is 0.240. The van der Waals surface area contributed by atoms with Gasteiger partial charge in [0.25, 0.3) is 5.91 Å². The molecular formula is C25H22FN4O3+. The number of hydrogen-bond acceptors (Lipinski definition) is 4. The maximum absolute atomic E-state index is 13.4. The van der Waals surface area contributed by atoms with Crippen LogP contribution in [0.3, 0.4) is 0 Å². The minimum Gasteiger partial charge on any atom is -0.309 e. The van der Waals surface area contributed by atoms with E-state index in [9.17, 15) is 18.8 Å². The number of dihydropyridines is 1. The highest BCUT2D eigenvalue weighted by Gasteiger charge is 2.48. The molecule has 1 unspecified atom stereocenters. The van der Waals surface area contributed by atoms with Crippen molar-refractivity contribution in [3.8, 4) is 0 Å². The first-order valence-corrected chi connectivity index (χ1v) is 10.9. The maximum atomic E-state index is 13.4. The number of para-hydroxylation sites is 1. The molecule has 3 heterocycles. The average molecular weight is 445 g/mol. The van der Waals surface area contributed by atoms with Crippen molar-refractivity contribution < 1.29 is 23.3 Å². The molecule has 0 radical (unpaired) electrons. The Morgan fingerprint density at radius 2 is 1.91 bits per heavy atom. The van der Waals surface area contributed by atoms with Gasteiger partial charge in [-0.2, -0.15) is 14.3 Å². The second kappa shape index (κ2) is 8.54. The number of carbonyl (C=O) groups excluding carboxylic acids is 3. The summed E-state index contributed by atoms with van der Waals surface area (Å²) in [6.45, 7) is 0.340. The quantitative estimate of drug-likeness (QED) is 0.680. The molecule has 8 heteroatoms. The number of halogens is 1. The summed E-state index contributed by atoms with van der Waals surface area (Å²) in [7, 11) is 0. The summed E-state index contributed by atoms with van der Waals surface area (Å²) in [6, 6.07) is 11.9. The van der Waals surface area contributed by atoms with Gasteiger partial charge in [-0.05, 0) is 54.3 Å². The molecule has 7 nitrogen and oxygen atoms in total. The van der Waals surface area contributed by atoms with E-state index in [2.05, 4.69) is 4.99 Å². The van der Waals surface area contributed by atoms with Gasteiger partial charge >= 0.3 is 11.9 Å². The van der Waals surface area contributed by atoms with Gasteiger partial charge in [0.2, 0.25) is 6.04 Å². The summed E-state index contributed by atoms with van der Waals surface area (Å²) in [5.74, 6) is -1.09. The highest BCUT2D eigenvalue weighted by atomic mass is 19.1. The first kappa shape index (κ1) is 20.9. The van der Waals surface area contributed by atoms with Crippen LogP contribution >= 0.6 is 0 Å². The Morgan fingerprint density at radius 3 is 2.73 bits per heavy atom. The van der Waals surface area contributed by atoms with Crippen LogP contribution in [0.4, 0.5) is 14.9 Å². The van der Waals surface area contributed by atoms with Gasteiger partial charge in [-0.15, -0.1) is 0 Å². The third kappa shape index (κ3) is 3.88. The first-order valence-electron chi connectivity index (χ1n) is 10.9. The number of aryl methyl sites for hydroxylation is 1. The summed E-state index contributed by atoms with van der Waals surface area (Å²) < 4.78 is 14.6. The zero-order chi connectivity index (χ0) is 22.9.